The van der Waals surface area contributed by atoms with Crippen molar-refractivity contribution in [2.45, 2.75) is 33.1 Å². The lowest BCUT2D eigenvalue weighted by atomic mass is 10.1. The summed E-state index contributed by atoms with van der Waals surface area (Å²) in [5, 5.41) is 2.93. The van der Waals surface area contributed by atoms with Crippen molar-refractivity contribution in [1.82, 2.24) is 0 Å². The van der Waals surface area contributed by atoms with Crippen molar-refractivity contribution in [2.75, 3.05) is 36.6 Å². The second-order valence-electron chi connectivity index (χ2n) is 8.69. The highest BCUT2D eigenvalue weighted by atomic mass is 16.5. The number of benzene rings is 3. The SMILES string of the molecule is CCOc1ccc(CC(=O)Nc2ccc3c(c2)N(CCCCOc2ccc(C)cc2)C(=O)CO3)cc1. The zero-order valence-electron chi connectivity index (χ0n) is 20.8. The molecule has 0 fully saturated rings. The first-order chi connectivity index (χ1) is 17.5. The van der Waals surface area contributed by atoms with E-state index in [1.54, 1.807) is 23.1 Å². The number of nitrogens with zero attached hydrogens (tertiary/aromatic N) is 1. The van der Waals surface area contributed by atoms with Crippen LogP contribution in [-0.4, -0.2) is 38.2 Å². The molecule has 188 valence electrons. The van der Waals surface area contributed by atoms with Gasteiger partial charge >= 0.3 is 0 Å². The van der Waals surface area contributed by atoms with Gasteiger partial charge in [-0.3, -0.25) is 9.59 Å². The van der Waals surface area contributed by atoms with Gasteiger partial charge in [-0.2, -0.15) is 0 Å². The van der Waals surface area contributed by atoms with E-state index in [1.165, 1.54) is 5.56 Å². The number of fused-ring (bicyclic) bond motifs is 1. The lowest BCUT2D eigenvalue weighted by Gasteiger charge is -2.30. The fourth-order valence-corrected chi connectivity index (χ4v) is 3.98. The predicted molar refractivity (Wildman–Crippen MR) is 140 cm³/mol. The Bertz CT molecular complexity index is 1180. The first kappa shape index (κ1) is 25.1. The van der Waals surface area contributed by atoms with Crippen LogP contribution in [0.15, 0.2) is 66.7 Å². The lowest BCUT2D eigenvalue weighted by molar-refractivity contribution is -0.121. The molecule has 0 saturated carbocycles. The van der Waals surface area contributed by atoms with Crippen LogP contribution in [0.3, 0.4) is 0 Å². The molecular formula is C29H32N2O5. The minimum atomic E-state index is -0.137. The van der Waals surface area contributed by atoms with Gasteiger partial charge < -0.3 is 24.4 Å². The Balaban J connectivity index is 1.32. The van der Waals surface area contributed by atoms with Crippen molar-refractivity contribution in [3.63, 3.8) is 0 Å². The molecule has 0 unspecified atom stereocenters. The average Bonchev–Trinajstić information content (AvgIpc) is 2.87. The maximum atomic E-state index is 12.6. The van der Waals surface area contributed by atoms with Crippen LogP contribution in [0.25, 0.3) is 0 Å². The van der Waals surface area contributed by atoms with Gasteiger partial charge in [-0.25, -0.2) is 0 Å². The van der Waals surface area contributed by atoms with E-state index in [1.807, 2.05) is 62.4 Å². The van der Waals surface area contributed by atoms with E-state index >= 15 is 0 Å². The van der Waals surface area contributed by atoms with Crippen LogP contribution < -0.4 is 24.4 Å². The lowest BCUT2D eigenvalue weighted by Crippen LogP contribution is -2.39. The molecular weight excluding hydrogens is 456 g/mol. The Kier molecular flexibility index (Phi) is 8.44. The Morgan fingerprint density at radius 3 is 2.44 bits per heavy atom. The van der Waals surface area contributed by atoms with E-state index in [9.17, 15) is 9.59 Å². The van der Waals surface area contributed by atoms with Gasteiger partial charge in [0, 0.05) is 12.2 Å². The number of hydrogen-bond donors (Lipinski definition) is 1. The van der Waals surface area contributed by atoms with E-state index in [-0.39, 0.29) is 24.8 Å². The van der Waals surface area contributed by atoms with Gasteiger partial charge in [-0.1, -0.05) is 29.8 Å². The largest absolute Gasteiger partial charge is 0.494 e. The quantitative estimate of drug-likeness (QED) is 0.377. The molecule has 0 radical (unpaired) electrons. The zero-order valence-corrected chi connectivity index (χ0v) is 20.8. The number of ether oxygens (including phenoxy) is 3. The van der Waals surface area contributed by atoms with Crippen LogP contribution in [-0.2, 0) is 16.0 Å². The summed E-state index contributed by atoms with van der Waals surface area (Å²) in [5.74, 6) is 2.03. The van der Waals surface area contributed by atoms with Gasteiger partial charge in [0.15, 0.2) is 6.61 Å². The second-order valence-corrected chi connectivity index (χ2v) is 8.69. The number of amides is 2. The molecule has 3 aromatic rings. The van der Waals surface area contributed by atoms with Crippen molar-refractivity contribution in [2.24, 2.45) is 0 Å². The predicted octanol–water partition coefficient (Wildman–Crippen LogP) is 5.16. The Labute approximate surface area is 212 Å². The number of carbonyl (C=O) groups excluding carboxylic acids is 2. The highest BCUT2D eigenvalue weighted by molar-refractivity contribution is 5.99. The summed E-state index contributed by atoms with van der Waals surface area (Å²) in [7, 11) is 0. The number of rotatable bonds is 11. The summed E-state index contributed by atoms with van der Waals surface area (Å²) in [4.78, 5) is 26.9. The Morgan fingerprint density at radius 2 is 1.69 bits per heavy atom. The van der Waals surface area contributed by atoms with E-state index in [0.29, 0.717) is 36.9 Å². The van der Waals surface area contributed by atoms with E-state index in [2.05, 4.69) is 5.32 Å². The van der Waals surface area contributed by atoms with E-state index in [4.69, 9.17) is 14.2 Å². The standard InChI is InChI=1S/C29H32N2O5/c1-3-34-24-13-8-22(9-14-24)18-28(32)30-23-10-15-27-26(19-23)31(29(33)20-36-27)16-4-5-17-35-25-11-6-21(2)7-12-25/h6-15,19H,3-5,16-18,20H2,1-2H3,(H,30,32). The third kappa shape index (κ3) is 6.78. The fraction of sp³-hybridized carbons (Fsp3) is 0.310. The van der Waals surface area contributed by atoms with Crippen LogP contribution in [0.4, 0.5) is 11.4 Å². The first-order valence-electron chi connectivity index (χ1n) is 12.3. The van der Waals surface area contributed by atoms with Crippen molar-refractivity contribution < 1.29 is 23.8 Å². The third-order valence-electron chi connectivity index (χ3n) is 5.85. The normalized spacial score (nSPS) is 12.5. The van der Waals surface area contributed by atoms with Crippen LogP contribution >= 0.6 is 0 Å². The number of anilines is 2. The molecule has 1 aliphatic rings. The van der Waals surface area contributed by atoms with Gasteiger partial charge in [0.2, 0.25) is 5.91 Å². The maximum Gasteiger partial charge on any atom is 0.265 e. The molecule has 0 atom stereocenters. The van der Waals surface area contributed by atoms with Crippen molar-refractivity contribution in [3.8, 4) is 17.2 Å². The number of hydrogen-bond acceptors (Lipinski definition) is 5. The monoisotopic (exact) mass is 488 g/mol. The maximum absolute atomic E-state index is 12.6. The number of unbranched alkanes of at least 4 members (excludes halogenated alkanes) is 1. The zero-order chi connectivity index (χ0) is 25.3. The average molecular weight is 489 g/mol. The highest BCUT2D eigenvalue weighted by Crippen LogP contribution is 2.35. The summed E-state index contributed by atoms with van der Waals surface area (Å²) in [6.07, 6.45) is 1.83. The smallest absolute Gasteiger partial charge is 0.265 e. The summed E-state index contributed by atoms with van der Waals surface area (Å²) < 4.78 is 16.8. The van der Waals surface area contributed by atoms with Crippen molar-refractivity contribution >= 4 is 23.2 Å². The van der Waals surface area contributed by atoms with Crippen molar-refractivity contribution in [3.05, 3.63) is 77.9 Å². The molecule has 1 aliphatic heterocycles. The van der Waals surface area contributed by atoms with Crippen LogP contribution in [0.1, 0.15) is 30.9 Å². The minimum absolute atomic E-state index is 0.0102. The Hall–Kier alpha value is -4.00. The van der Waals surface area contributed by atoms with Gasteiger partial charge in [0.25, 0.3) is 5.91 Å². The van der Waals surface area contributed by atoms with Gasteiger partial charge in [-0.05, 0) is 74.7 Å². The van der Waals surface area contributed by atoms with Crippen molar-refractivity contribution in [1.29, 1.82) is 0 Å². The summed E-state index contributed by atoms with van der Waals surface area (Å²) in [6.45, 7) is 5.71. The molecule has 7 heteroatoms. The second kappa shape index (κ2) is 12.1. The number of carbonyl (C=O) groups is 2. The molecule has 36 heavy (non-hydrogen) atoms. The molecule has 1 N–H and O–H groups in total. The van der Waals surface area contributed by atoms with Crippen LogP contribution in [0.5, 0.6) is 17.2 Å². The molecule has 0 aliphatic carbocycles. The number of aryl methyl sites for hydroxylation is 1. The molecule has 0 spiro atoms. The Morgan fingerprint density at radius 1 is 0.972 bits per heavy atom. The summed E-state index contributed by atoms with van der Waals surface area (Å²) in [6, 6.07) is 20.8. The summed E-state index contributed by atoms with van der Waals surface area (Å²) >= 11 is 0. The molecule has 4 rings (SSSR count). The van der Waals surface area contributed by atoms with Crippen LogP contribution in [0.2, 0.25) is 0 Å². The first-order valence-corrected chi connectivity index (χ1v) is 12.3. The molecule has 7 nitrogen and oxygen atoms in total. The fourth-order valence-electron chi connectivity index (χ4n) is 3.98. The van der Waals surface area contributed by atoms with Gasteiger partial charge in [0.05, 0.1) is 25.3 Å². The number of nitrogens with one attached hydrogen (secondary N) is 1. The molecule has 0 bridgehead atoms. The highest BCUT2D eigenvalue weighted by Gasteiger charge is 2.25. The molecule has 1 heterocycles. The minimum Gasteiger partial charge on any atom is -0.494 e. The molecule has 0 saturated heterocycles. The molecule has 2 amide bonds. The molecule has 0 aromatic heterocycles. The van der Waals surface area contributed by atoms with E-state index in [0.717, 1.165) is 29.9 Å². The van der Waals surface area contributed by atoms with Gasteiger partial charge in [-0.15, -0.1) is 0 Å². The topological polar surface area (TPSA) is 77.1 Å². The third-order valence-corrected chi connectivity index (χ3v) is 5.85. The van der Waals surface area contributed by atoms with Crippen LogP contribution in [0, 0.1) is 6.92 Å². The summed E-state index contributed by atoms with van der Waals surface area (Å²) in [5.41, 5.74) is 3.38. The van der Waals surface area contributed by atoms with Gasteiger partial charge in [0.1, 0.15) is 17.2 Å². The molecule has 3 aromatic carbocycles. The van der Waals surface area contributed by atoms with E-state index < -0.39 is 0 Å².